The van der Waals surface area contributed by atoms with Crippen LogP contribution in [0.25, 0.3) is 0 Å². The molecule has 0 aliphatic heterocycles. The van der Waals surface area contributed by atoms with Crippen molar-refractivity contribution in [2.75, 3.05) is 19.4 Å². The maximum Gasteiger partial charge on any atom is 0.271 e. The summed E-state index contributed by atoms with van der Waals surface area (Å²) >= 11 is 0. The predicted molar refractivity (Wildman–Crippen MR) is 104 cm³/mol. The fourth-order valence-corrected chi connectivity index (χ4v) is 2.36. The molecule has 0 aliphatic carbocycles. The van der Waals surface area contributed by atoms with E-state index < -0.39 is 24.0 Å². The number of aliphatic hydroxyl groups is 1. The number of ether oxygens (including phenoxy) is 1. The van der Waals surface area contributed by atoms with Crippen LogP contribution in [0.3, 0.4) is 0 Å². The van der Waals surface area contributed by atoms with Crippen LogP contribution in [0.4, 0.5) is 5.69 Å². The summed E-state index contributed by atoms with van der Waals surface area (Å²) in [5.41, 5.74) is 11.0. The Bertz CT molecular complexity index is 907. The van der Waals surface area contributed by atoms with Crippen LogP contribution in [-0.4, -0.2) is 51.6 Å². The van der Waals surface area contributed by atoms with E-state index in [1.54, 1.807) is 36.1 Å². The number of anilines is 1. The molecule has 1 unspecified atom stereocenters. The molecule has 2 rings (SSSR count). The van der Waals surface area contributed by atoms with Crippen LogP contribution >= 0.6 is 0 Å². The van der Waals surface area contributed by atoms with Gasteiger partial charge >= 0.3 is 0 Å². The van der Waals surface area contributed by atoms with Gasteiger partial charge in [0.1, 0.15) is 23.6 Å². The topological polar surface area (TPSA) is 158 Å². The van der Waals surface area contributed by atoms with Gasteiger partial charge in [-0.15, -0.1) is 0 Å². The van der Waals surface area contributed by atoms with Crippen molar-refractivity contribution in [3.63, 3.8) is 0 Å². The highest BCUT2D eigenvalue weighted by atomic mass is 16.5. The quantitative estimate of drug-likeness (QED) is 0.348. The number of carbonyl (C=O) groups excluding carboxylic acids is 2. The summed E-state index contributed by atoms with van der Waals surface area (Å²) in [6, 6.07) is 6.64. The summed E-state index contributed by atoms with van der Waals surface area (Å²) < 4.78 is 7.37. The molecule has 0 saturated heterocycles. The highest BCUT2D eigenvalue weighted by Gasteiger charge is 2.34. The second-order valence-corrected chi connectivity index (χ2v) is 6.40. The number of benzene rings is 1. The summed E-state index contributed by atoms with van der Waals surface area (Å²) in [5, 5.41) is 16.0. The van der Waals surface area contributed by atoms with E-state index in [4.69, 9.17) is 16.2 Å². The number of nitrogens with zero attached hydrogens (tertiary/aromatic N) is 3. The summed E-state index contributed by atoms with van der Waals surface area (Å²) in [5.74, 6) is -1.12. The lowest BCUT2D eigenvalue weighted by Crippen LogP contribution is -2.59. The molecule has 10 heteroatoms. The van der Waals surface area contributed by atoms with Gasteiger partial charge in [-0.1, -0.05) is 0 Å². The molecule has 1 heterocycles. The Kier molecular flexibility index (Phi) is 6.37. The minimum Gasteiger partial charge on any atom is -0.487 e. The number of carbonyl (C=O) groups is 2. The van der Waals surface area contributed by atoms with E-state index >= 15 is 0 Å². The number of primary amides is 1. The monoisotopic (exact) mass is 388 g/mol. The second-order valence-electron chi connectivity index (χ2n) is 6.40. The van der Waals surface area contributed by atoms with Crippen LogP contribution in [0, 0.1) is 0 Å². The van der Waals surface area contributed by atoms with Gasteiger partial charge in [-0.3, -0.25) is 19.3 Å². The van der Waals surface area contributed by atoms with Crippen molar-refractivity contribution >= 4 is 23.2 Å². The minimum absolute atomic E-state index is 0.0262. The second kappa shape index (κ2) is 8.53. The Morgan fingerprint density at radius 3 is 2.64 bits per heavy atom. The van der Waals surface area contributed by atoms with Crippen LogP contribution in [0.1, 0.15) is 18.2 Å². The molecule has 1 aromatic heterocycles. The van der Waals surface area contributed by atoms with E-state index in [1.807, 2.05) is 6.07 Å². The van der Waals surface area contributed by atoms with Crippen molar-refractivity contribution in [2.45, 2.75) is 19.1 Å². The third kappa shape index (κ3) is 4.65. The molecule has 6 N–H and O–H groups in total. The Balaban J connectivity index is 2.23. The number of aryl methyl sites for hydroxylation is 1. The molecule has 0 saturated carbocycles. The summed E-state index contributed by atoms with van der Waals surface area (Å²) in [7, 11) is 3.22. The van der Waals surface area contributed by atoms with Crippen molar-refractivity contribution < 1.29 is 19.4 Å². The smallest absolute Gasteiger partial charge is 0.271 e. The van der Waals surface area contributed by atoms with E-state index in [0.717, 1.165) is 5.69 Å². The highest BCUT2D eigenvalue weighted by Crippen LogP contribution is 2.22. The molecule has 0 radical (unpaired) electrons. The Morgan fingerprint density at radius 1 is 1.39 bits per heavy atom. The largest absolute Gasteiger partial charge is 0.487 e. The highest BCUT2D eigenvalue weighted by molar-refractivity contribution is 6.46. The lowest BCUT2D eigenvalue weighted by atomic mass is 10.0. The number of aromatic nitrogens is 2. The first-order valence-electron chi connectivity index (χ1n) is 8.41. The fourth-order valence-electron chi connectivity index (χ4n) is 2.36. The maximum absolute atomic E-state index is 12.6. The van der Waals surface area contributed by atoms with E-state index in [-0.39, 0.29) is 12.3 Å². The fraction of sp³-hybridized carbons (Fsp3) is 0.333. The Morgan fingerprint density at radius 2 is 2.11 bits per heavy atom. The minimum atomic E-state index is -1.63. The van der Waals surface area contributed by atoms with E-state index in [9.17, 15) is 14.7 Å². The van der Waals surface area contributed by atoms with E-state index in [1.165, 1.54) is 14.0 Å². The molecule has 0 bridgehead atoms. The summed E-state index contributed by atoms with van der Waals surface area (Å²) in [6.07, 6.45) is 1.80. The van der Waals surface area contributed by atoms with Crippen molar-refractivity contribution in [3.05, 3.63) is 41.7 Å². The van der Waals surface area contributed by atoms with Gasteiger partial charge in [-0.25, -0.2) is 0 Å². The molecule has 0 spiro atoms. The van der Waals surface area contributed by atoms with Crippen LogP contribution in [0.2, 0.25) is 0 Å². The van der Waals surface area contributed by atoms with Crippen LogP contribution in [0.15, 0.2) is 35.5 Å². The number of aliphatic imine (C=N–C) groups is 1. The maximum atomic E-state index is 12.6. The number of nitrogens with two attached hydrogens (primary N) is 2. The van der Waals surface area contributed by atoms with Gasteiger partial charge in [-0.05, 0) is 31.2 Å². The number of hydrogen-bond acceptors (Lipinski definition) is 7. The number of nitrogens with one attached hydrogen (secondary N) is 1. The molecular weight excluding hydrogens is 364 g/mol. The Labute approximate surface area is 162 Å². The van der Waals surface area contributed by atoms with Gasteiger partial charge < -0.3 is 26.6 Å². The predicted octanol–water partition coefficient (Wildman–Crippen LogP) is -0.647. The SMILES string of the molecule is CN=C(C(=O)NC(C)(CO)C(N)=O)c1cc(OCc2ccn(C)n2)ccc1N. The molecule has 1 atom stereocenters. The average molecular weight is 388 g/mol. The lowest BCUT2D eigenvalue weighted by molar-refractivity contribution is -0.129. The zero-order valence-corrected chi connectivity index (χ0v) is 16.0. The third-order valence-corrected chi connectivity index (χ3v) is 4.12. The number of hydrogen-bond donors (Lipinski definition) is 4. The molecule has 1 aromatic carbocycles. The van der Waals surface area contributed by atoms with Crippen molar-refractivity contribution in [1.82, 2.24) is 15.1 Å². The van der Waals surface area contributed by atoms with E-state index in [0.29, 0.717) is 17.0 Å². The lowest BCUT2D eigenvalue weighted by Gasteiger charge is -2.25. The van der Waals surface area contributed by atoms with Gasteiger partial charge in [0.15, 0.2) is 0 Å². The third-order valence-electron chi connectivity index (χ3n) is 4.12. The molecular formula is C18H24N6O4. The number of aliphatic hydroxyl groups excluding tert-OH is 1. The van der Waals surface area contributed by atoms with Gasteiger partial charge in [-0.2, -0.15) is 5.10 Å². The summed E-state index contributed by atoms with van der Waals surface area (Å²) in [6.45, 7) is 0.892. The Hall–Kier alpha value is -3.40. The first-order valence-corrected chi connectivity index (χ1v) is 8.41. The van der Waals surface area contributed by atoms with Crippen LogP contribution in [0.5, 0.6) is 5.75 Å². The van der Waals surface area contributed by atoms with E-state index in [2.05, 4.69) is 15.4 Å². The average Bonchev–Trinajstić information content (AvgIpc) is 3.07. The summed E-state index contributed by atoms with van der Waals surface area (Å²) in [4.78, 5) is 28.1. The van der Waals surface area contributed by atoms with Crippen molar-refractivity contribution in [3.8, 4) is 5.75 Å². The first kappa shape index (κ1) is 20.9. The molecule has 150 valence electrons. The van der Waals surface area contributed by atoms with Gasteiger partial charge in [0.05, 0.1) is 12.3 Å². The molecule has 2 aromatic rings. The number of amides is 2. The van der Waals surface area contributed by atoms with Gasteiger partial charge in [0, 0.05) is 31.5 Å². The first-order chi connectivity index (χ1) is 13.2. The van der Waals surface area contributed by atoms with Crippen molar-refractivity contribution in [2.24, 2.45) is 17.8 Å². The number of nitrogen functional groups attached to an aromatic ring is 1. The molecule has 28 heavy (non-hydrogen) atoms. The van der Waals surface area contributed by atoms with Crippen molar-refractivity contribution in [1.29, 1.82) is 0 Å². The zero-order chi connectivity index (χ0) is 20.9. The van der Waals surface area contributed by atoms with Gasteiger partial charge in [0.2, 0.25) is 5.91 Å². The molecule has 10 nitrogen and oxygen atoms in total. The van der Waals surface area contributed by atoms with Gasteiger partial charge in [0.25, 0.3) is 5.91 Å². The molecule has 2 amide bonds. The standard InChI is InChI=1S/C18H24N6O4/c1-18(10-25,17(20)27)22-16(26)15(21-2)13-8-12(4-5-14(13)19)28-9-11-6-7-24(3)23-11/h4-8,25H,9-10,19H2,1-3H3,(H2,20,27)(H,22,26). The molecule has 0 aliphatic rings. The normalized spacial score (nSPS) is 13.6. The van der Waals surface area contributed by atoms with Crippen LogP contribution in [-0.2, 0) is 23.2 Å². The molecule has 0 fully saturated rings. The van der Waals surface area contributed by atoms with Crippen LogP contribution < -0.4 is 21.5 Å². The zero-order valence-electron chi connectivity index (χ0n) is 16.0. The number of rotatable bonds is 8.